The number of likely N-dealkylation sites (tertiary alicyclic amines) is 1. The van der Waals surface area contributed by atoms with Crippen LogP contribution < -0.4 is 0 Å². The van der Waals surface area contributed by atoms with Gasteiger partial charge in [-0.25, -0.2) is 0 Å². The topological polar surface area (TPSA) is 87.1 Å². The molecule has 1 aliphatic rings. The summed E-state index contributed by atoms with van der Waals surface area (Å²) >= 11 is 5.90. The molecule has 2 N–H and O–H groups in total. The third-order valence-electron chi connectivity index (χ3n) is 4.59. The SMILES string of the molecule is COCCCN1C(=O)C(=O)/C(=C(/O)c2ccc(Cl)cc2)[C@H]1c1cccc(O)c1. The number of benzene rings is 2. The lowest BCUT2D eigenvalue weighted by molar-refractivity contribution is -0.140. The minimum absolute atomic E-state index is 0.00599. The molecule has 2 aromatic carbocycles. The molecule has 28 heavy (non-hydrogen) atoms. The molecule has 0 saturated carbocycles. The van der Waals surface area contributed by atoms with Crippen LogP contribution in [0.2, 0.25) is 5.02 Å². The van der Waals surface area contributed by atoms with Crippen molar-refractivity contribution < 1.29 is 24.5 Å². The Morgan fingerprint density at radius 2 is 1.89 bits per heavy atom. The van der Waals surface area contributed by atoms with Crippen LogP contribution >= 0.6 is 11.6 Å². The number of hydrogen-bond acceptors (Lipinski definition) is 5. The molecule has 1 aliphatic heterocycles. The van der Waals surface area contributed by atoms with Gasteiger partial charge in [-0.2, -0.15) is 0 Å². The van der Waals surface area contributed by atoms with Gasteiger partial charge >= 0.3 is 0 Å². The number of phenols is 1. The van der Waals surface area contributed by atoms with E-state index in [4.69, 9.17) is 16.3 Å². The van der Waals surface area contributed by atoms with Gasteiger partial charge in [0.2, 0.25) is 0 Å². The van der Waals surface area contributed by atoms with Crippen LogP contribution in [0.5, 0.6) is 5.75 Å². The maximum atomic E-state index is 12.8. The molecule has 7 heteroatoms. The number of carbonyl (C=O) groups excluding carboxylic acids is 2. The summed E-state index contributed by atoms with van der Waals surface area (Å²) in [4.78, 5) is 26.8. The number of phenolic OH excluding ortho intramolecular Hbond substituents is 1. The van der Waals surface area contributed by atoms with Crippen molar-refractivity contribution in [2.24, 2.45) is 0 Å². The molecular formula is C21H20ClNO5. The lowest BCUT2D eigenvalue weighted by atomic mass is 9.95. The van der Waals surface area contributed by atoms with Crippen LogP contribution in [0, 0.1) is 0 Å². The smallest absolute Gasteiger partial charge is 0.295 e. The molecule has 3 rings (SSSR count). The summed E-state index contributed by atoms with van der Waals surface area (Å²) in [5, 5.41) is 21.2. The van der Waals surface area contributed by atoms with Crippen LogP contribution in [0.15, 0.2) is 54.1 Å². The van der Waals surface area contributed by atoms with Crippen LogP contribution in [0.4, 0.5) is 0 Å². The van der Waals surface area contributed by atoms with Gasteiger partial charge in [-0.15, -0.1) is 0 Å². The van der Waals surface area contributed by atoms with E-state index in [1.165, 1.54) is 17.0 Å². The van der Waals surface area contributed by atoms with Crippen molar-refractivity contribution in [1.82, 2.24) is 4.90 Å². The Bertz CT molecular complexity index is 923. The number of ether oxygens (including phenoxy) is 1. The summed E-state index contributed by atoms with van der Waals surface area (Å²) in [5.41, 5.74) is 0.895. The van der Waals surface area contributed by atoms with E-state index >= 15 is 0 Å². The van der Waals surface area contributed by atoms with Crippen molar-refractivity contribution in [3.63, 3.8) is 0 Å². The quantitative estimate of drug-likeness (QED) is 0.335. The molecule has 0 aromatic heterocycles. The molecule has 0 bridgehead atoms. The first-order valence-electron chi connectivity index (χ1n) is 8.76. The molecule has 6 nitrogen and oxygen atoms in total. The van der Waals surface area contributed by atoms with Crippen LogP contribution in [0.1, 0.15) is 23.6 Å². The van der Waals surface area contributed by atoms with Gasteiger partial charge in [0.25, 0.3) is 11.7 Å². The average molecular weight is 402 g/mol. The standard InChI is InChI=1S/C21H20ClNO5/c1-28-11-3-10-23-18(14-4-2-5-16(24)12-14)17(20(26)21(23)27)19(25)13-6-8-15(22)9-7-13/h2,4-9,12,18,24-25H,3,10-11H2,1H3/b19-17+/t18-/m1/s1. The third-order valence-corrected chi connectivity index (χ3v) is 4.84. The summed E-state index contributed by atoms with van der Waals surface area (Å²) in [6.07, 6.45) is 0.528. The molecule has 146 valence electrons. The van der Waals surface area contributed by atoms with E-state index in [0.29, 0.717) is 29.2 Å². The van der Waals surface area contributed by atoms with Crippen molar-refractivity contribution in [3.8, 4) is 5.75 Å². The first-order valence-corrected chi connectivity index (χ1v) is 9.14. The number of aliphatic hydroxyl groups excluding tert-OH is 1. The maximum absolute atomic E-state index is 12.8. The highest BCUT2D eigenvalue weighted by Crippen LogP contribution is 2.40. The van der Waals surface area contributed by atoms with E-state index < -0.39 is 17.7 Å². The molecular weight excluding hydrogens is 382 g/mol. The zero-order valence-electron chi connectivity index (χ0n) is 15.3. The number of halogens is 1. The fourth-order valence-corrected chi connectivity index (χ4v) is 3.42. The number of carbonyl (C=O) groups is 2. The number of Topliss-reactive ketones (excluding diaryl/α,β-unsaturated/α-hetero) is 1. The van der Waals surface area contributed by atoms with Gasteiger partial charge in [-0.05, 0) is 48.4 Å². The Morgan fingerprint density at radius 1 is 1.18 bits per heavy atom. The molecule has 1 heterocycles. The van der Waals surface area contributed by atoms with Crippen LogP contribution in [-0.4, -0.2) is 47.1 Å². The summed E-state index contributed by atoms with van der Waals surface area (Å²) < 4.78 is 5.04. The van der Waals surface area contributed by atoms with Crippen LogP contribution in [0.3, 0.4) is 0 Å². The Kier molecular flexibility index (Phi) is 6.02. The number of ketones is 1. The van der Waals surface area contributed by atoms with Crippen molar-refractivity contribution >= 4 is 29.1 Å². The van der Waals surface area contributed by atoms with Crippen molar-refractivity contribution in [3.05, 3.63) is 70.3 Å². The Morgan fingerprint density at radius 3 is 2.54 bits per heavy atom. The second kappa shape index (κ2) is 8.46. The van der Waals surface area contributed by atoms with Gasteiger partial charge in [0.1, 0.15) is 11.5 Å². The fourth-order valence-electron chi connectivity index (χ4n) is 3.29. The van der Waals surface area contributed by atoms with Gasteiger partial charge in [-0.1, -0.05) is 23.7 Å². The average Bonchev–Trinajstić information content (AvgIpc) is 2.93. The molecule has 1 saturated heterocycles. The zero-order valence-corrected chi connectivity index (χ0v) is 16.0. The van der Waals surface area contributed by atoms with Gasteiger partial charge in [0.05, 0.1) is 11.6 Å². The van der Waals surface area contributed by atoms with Crippen LogP contribution in [0.25, 0.3) is 5.76 Å². The van der Waals surface area contributed by atoms with Gasteiger partial charge in [0, 0.05) is 30.8 Å². The van der Waals surface area contributed by atoms with Gasteiger partial charge in [-0.3, -0.25) is 9.59 Å². The molecule has 0 radical (unpaired) electrons. The number of hydrogen-bond donors (Lipinski definition) is 2. The van der Waals surface area contributed by atoms with E-state index in [1.54, 1.807) is 43.5 Å². The van der Waals surface area contributed by atoms with Crippen molar-refractivity contribution in [2.45, 2.75) is 12.5 Å². The number of aromatic hydroxyl groups is 1. The molecule has 1 fully saturated rings. The maximum Gasteiger partial charge on any atom is 0.295 e. The summed E-state index contributed by atoms with van der Waals surface area (Å²) in [5.74, 6) is -1.73. The molecule has 0 unspecified atom stereocenters. The number of methoxy groups -OCH3 is 1. The minimum atomic E-state index is -0.806. The molecule has 1 amide bonds. The van der Waals surface area contributed by atoms with Crippen molar-refractivity contribution in [2.75, 3.05) is 20.3 Å². The molecule has 0 spiro atoms. The van der Waals surface area contributed by atoms with E-state index in [0.717, 1.165) is 0 Å². The molecule has 0 aliphatic carbocycles. The number of rotatable bonds is 6. The number of aliphatic hydroxyl groups is 1. The molecule has 2 aromatic rings. The van der Waals surface area contributed by atoms with Gasteiger partial charge < -0.3 is 19.8 Å². The molecule has 1 atom stereocenters. The minimum Gasteiger partial charge on any atom is -0.508 e. The normalized spacial score (nSPS) is 18.6. The predicted octanol–water partition coefficient (Wildman–Crippen LogP) is 3.50. The van der Waals surface area contributed by atoms with E-state index in [-0.39, 0.29) is 23.6 Å². The Balaban J connectivity index is 2.12. The first kappa shape index (κ1) is 19.9. The van der Waals surface area contributed by atoms with E-state index in [1.807, 2.05) is 0 Å². The highest BCUT2D eigenvalue weighted by atomic mass is 35.5. The summed E-state index contributed by atoms with van der Waals surface area (Å²) in [6.45, 7) is 0.697. The Hall–Kier alpha value is -2.83. The second-order valence-corrected chi connectivity index (χ2v) is 6.88. The summed E-state index contributed by atoms with van der Waals surface area (Å²) in [7, 11) is 1.56. The fraction of sp³-hybridized carbons (Fsp3) is 0.238. The van der Waals surface area contributed by atoms with Gasteiger partial charge in [0.15, 0.2) is 0 Å². The highest BCUT2D eigenvalue weighted by molar-refractivity contribution is 6.46. The van der Waals surface area contributed by atoms with Crippen LogP contribution in [-0.2, 0) is 14.3 Å². The summed E-state index contributed by atoms with van der Waals surface area (Å²) in [6, 6.07) is 11.8. The largest absolute Gasteiger partial charge is 0.508 e. The monoisotopic (exact) mass is 401 g/mol. The lowest BCUT2D eigenvalue weighted by Gasteiger charge is -2.25. The zero-order chi connectivity index (χ0) is 20.3. The third kappa shape index (κ3) is 3.88. The second-order valence-electron chi connectivity index (χ2n) is 6.44. The van der Waals surface area contributed by atoms with E-state index in [2.05, 4.69) is 0 Å². The van der Waals surface area contributed by atoms with E-state index in [9.17, 15) is 19.8 Å². The van der Waals surface area contributed by atoms with Crippen molar-refractivity contribution in [1.29, 1.82) is 0 Å². The first-order chi connectivity index (χ1) is 13.4. The highest BCUT2D eigenvalue weighted by Gasteiger charge is 2.45. The number of amides is 1. The Labute approximate surface area is 167 Å². The predicted molar refractivity (Wildman–Crippen MR) is 105 cm³/mol. The number of nitrogens with zero attached hydrogens (tertiary/aromatic N) is 1. The lowest BCUT2D eigenvalue weighted by Crippen LogP contribution is -2.31.